The van der Waals surface area contributed by atoms with Gasteiger partial charge in [0.15, 0.2) is 0 Å². The van der Waals surface area contributed by atoms with Gasteiger partial charge in [-0.15, -0.1) is 0 Å². The molecule has 0 radical (unpaired) electrons. The van der Waals surface area contributed by atoms with Crippen molar-refractivity contribution in [2.24, 2.45) is 5.41 Å². The highest BCUT2D eigenvalue weighted by Crippen LogP contribution is 2.41. The Kier molecular flexibility index (Phi) is 4.68. The lowest BCUT2D eigenvalue weighted by Gasteiger charge is -2.37. The summed E-state index contributed by atoms with van der Waals surface area (Å²) in [5.74, 6) is -0.172. The molecule has 2 aliphatic rings. The summed E-state index contributed by atoms with van der Waals surface area (Å²) in [4.78, 5) is 13.7. The second-order valence-corrected chi connectivity index (χ2v) is 9.04. The average molecular weight is 351 g/mol. The maximum absolute atomic E-state index is 12.9. The molecule has 7 heteroatoms. The summed E-state index contributed by atoms with van der Waals surface area (Å²) < 4.78 is 27.4. The van der Waals surface area contributed by atoms with E-state index in [4.69, 9.17) is 0 Å². The zero-order valence-electron chi connectivity index (χ0n) is 14.3. The van der Waals surface area contributed by atoms with E-state index >= 15 is 0 Å². The first-order valence-electron chi connectivity index (χ1n) is 8.37. The second-order valence-electron chi connectivity index (χ2n) is 7.10. The van der Waals surface area contributed by atoms with Crippen molar-refractivity contribution < 1.29 is 13.2 Å². The van der Waals surface area contributed by atoms with Crippen LogP contribution in [0.1, 0.15) is 26.2 Å². The largest absolute Gasteiger partial charge is 0.326 e. The second kappa shape index (κ2) is 6.46. The first kappa shape index (κ1) is 17.4. The van der Waals surface area contributed by atoms with Crippen molar-refractivity contribution in [3.05, 3.63) is 24.3 Å². The number of nitrogens with one attached hydrogen (secondary N) is 1. The van der Waals surface area contributed by atoms with E-state index < -0.39 is 10.0 Å². The van der Waals surface area contributed by atoms with Gasteiger partial charge in [0.1, 0.15) is 0 Å². The minimum atomic E-state index is -3.47. The number of anilines is 1. The van der Waals surface area contributed by atoms with E-state index in [1.165, 1.54) is 6.92 Å². The van der Waals surface area contributed by atoms with Crippen LogP contribution in [-0.2, 0) is 14.8 Å². The van der Waals surface area contributed by atoms with Crippen LogP contribution in [0, 0.1) is 5.41 Å². The Labute approximate surface area is 143 Å². The molecule has 1 N–H and O–H groups in total. The smallest absolute Gasteiger partial charge is 0.243 e. The summed E-state index contributed by atoms with van der Waals surface area (Å²) in [5, 5.41) is 2.65. The monoisotopic (exact) mass is 351 g/mol. The Morgan fingerprint density at radius 1 is 1.08 bits per heavy atom. The molecule has 2 saturated heterocycles. The van der Waals surface area contributed by atoms with Crippen molar-refractivity contribution in [1.82, 2.24) is 9.21 Å². The number of piperidine rings is 1. The molecule has 0 aliphatic carbocycles. The molecule has 6 nitrogen and oxygen atoms in total. The highest BCUT2D eigenvalue weighted by molar-refractivity contribution is 7.89. The van der Waals surface area contributed by atoms with Gasteiger partial charge in [-0.3, -0.25) is 4.79 Å². The number of carbonyl (C=O) groups excluding carboxylic acids is 1. The van der Waals surface area contributed by atoms with Crippen LogP contribution in [0.25, 0.3) is 0 Å². The molecule has 0 aromatic heterocycles. The summed E-state index contributed by atoms with van der Waals surface area (Å²) >= 11 is 0. The maximum Gasteiger partial charge on any atom is 0.243 e. The van der Waals surface area contributed by atoms with Gasteiger partial charge in [-0.25, -0.2) is 8.42 Å². The molecule has 1 aromatic rings. The van der Waals surface area contributed by atoms with Crippen LogP contribution in [0.4, 0.5) is 5.69 Å². The van der Waals surface area contributed by atoms with Gasteiger partial charge in [-0.05, 0) is 69.1 Å². The van der Waals surface area contributed by atoms with Gasteiger partial charge in [-0.1, -0.05) is 0 Å². The SMILES string of the molecule is CC(=O)Nc1ccc(S(=O)(=O)N2CCC3(CCN(C)CC3)C2)cc1. The van der Waals surface area contributed by atoms with Crippen LogP contribution < -0.4 is 5.32 Å². The summed E-state index contributed by atoms with van der Waals surface area (Å²) in [6.07, 6.45) is 3.08. The average Bonchev–Trinajstić information content (AvgIpc) is 2.95. The molecule has 132 valence electrons. The van der Waals surface area contributed by atoms with Crippen molar-refractivity contribution in [2.75, 3.05) is 38.5 Å². The van der Waals surface area contributed by atoms with E-state index in [1.807, 2.05) is 0 Å². The van der Waals surface area contributed by atoms with Crippen molar-refractivity contribution >= 4 is 21.6 Å². The first-order valence-corrected chi connectivity index (χ1v) is 9.81. The van der Waals surface area contributed by atoms with Crippen LogP contribution in [-0.4, -0.2) is 56.8 Å². The molecule has 3 rings (SSSR count). The third-order valence-electron chi connectivity index (χ3n) is 5.26. The Morgan fingerprint density at radius 3 is 2.25 bits per heavy atom. The summed E-state index contributed by atoms with van der Waals surface area (Å²) in [6.45, 7) is 4.73. The Hall–Kier alpha value is -1.44. The van der Waals surface area contributed by atoms with Crippen LogP contribution in [0.3, 0.4) is 0 Å². The van der Waals surface area contributed by atoms with E-state index in [-0.39, 0.29) is 11.3 Å². The molecule has 1 amide bonds. The van der Waals surface area contributed by atoms with Gasteiger partial charge in [0, 0.05) is 25.7 Å². The Morgan fingerprint density at radius 2 is 1.67 bits per heavy atom. The molecule has 0 saturated carbocycles. The number of rotatable bonds is 3. The predicted molar refractivity (Wildman–Crippen MR) is 93.3 cm³/mol. The molecule has 2 aliphatic heterocycles. The lowest BCUT2D eigenvalue weighted by molar-refractivity contribution is -0.114. The van der Waals surface area contributed by atoms with Gasteiger partial charge < -0.3 is 10.2 Å². The third-order valence-corrected chi connectivity index (χ3v) is 7.12. The van der Waals surface area contributed by atoms with Crippen LogP contribution in [0.15, 0.2) is 29.2 Å². The number of benzene rings is 1. The molecule has 0 atom stereocenters. The highest BCUT2D eigenvalue weighted by atomic mass is 32.2. The van der Waals surface area contributed by atoms with E-state index in [2.05, 4.69) is 17.3 Å². The maximum atomic E-state index is 12.9. The number of sulfonamides is 1. The van der Waals surface area contributed by atoms with Gasteiger partial charge in [-0.2, -0.15) is 4.31 Å². The number of likely N-dealkylation sites (tertiary alicyclic amines) is 1. The van der Waals surface area contributed by atoms with E-state index in [0.717, 1.165) is 32.4 Å². The van der Waals surface area contributed by atoms with Gasteiger partial charge in [0.25, 0.3) is 0 Å². The molecule has 24 heavy (non-hydrogen) atoms. The fourth-order valence-electron chi connectivity index (χ4n) is 3.66. The summed E-state index contributed by atoms with van der Waals surface area (Å²) in [6, 6.07) is 6.41. The Balaban J connectivity index is 1.73. The molecule has 0 bridgehead atoms. The van der Waals surface area contributed by atoms with Crippen molar-refractivity contribution in [3.63, 3.8) is 0 Å². The van der Waals surface area contributed by atoms with Crippen molar-refractivity contribution in [1.29, 1.82) is 0 Å². The van der Waals surface area contributed by atoms with Gasteiger partial charge in [0.2, 0.25) is 15.9 Å². The van der Waals surface area contributed by atoms with Crippen LogP contribution in [0.5, 0.6) is 0 Å². The van der Waals surface area contributed by atoms with E-state index in [1.54, 1.807) is 28.6 Å². The number of hydrogen-bond acceptors (Lipinski definition) is 4. The number of amides is 1. The van der Waals surface area contributed by atoms with E-state index in [9.17, 15) is 13.2 Å². The predicted octanol–water partition coefficient (Wildman–Crippen LogP) is 1.75. The molecule has 1 spiro atoms. The molecule has 1 aromatic carbocycles. The fourth-order valence-corrected chi connectivity index (χ4v) is 5.22. The lowest BCUT2D eigenvalue weighted by Crippen LogP contribution is -2.40. The topological polar surface area (TPSA) is 69.7 Å². The van der Waals surface area contributed by atoms with Crippen LogP contribution in [0.2, 0.25) is 0 Å². The van der Waals surface area contributed by atoms with E-state index in [0.29, 0.717) is 23.7 Å². The fraction of sp³-hybridized carbons (Fsp3) is 0.588. The molecular formula is C17H25N3O3S. The normalized spacial score (nSPS) is 21.9. The molecule has 0 unspecified atom stereocenters. The molecule has 2 fully saturated rings. The number of hydrogen-bond donors (Lipinski definition) is 1. The van der Waals surface area contributed by atoms with Gasteiger partial charge >= 0.3 is 0 Å². The zero-order valence-corrected chi connectivity index (χ0v) is 15.1. The minimum absolute atomic E-state index is 0.149. The molecule has 2 heterocycles. The number of carbonyl (C=O) groups is 1. The standard InChI is InChI=1S/C17H25N3O3S/c1-14(21)18-15-3-5-16(6-4-15)24(22,23)20-12-9-17(13-20)7-10-19(2)11-8-17/h3-6H,7-13H2,1-2H3,(H,18,21). The van der Waals surface area contributed by atoms with Gasteiger partial charge in [0.05, 0.1) is 4.90 Å². The number of nitrogens with zero attached hydrogens (tertiary/aromatic N) is 2. The first-order chi connectivity index (χ1) is 11.3. The molecular weight excluding hydrogens is 326 g/mol. The highest BCUT2D eigenvalue weighted by Gasteiger charge is 2.44. The lowest BCUT2D eigenvalue weighted by atomic mass is 9.78. The zero-order chi connectivity index (χ0) is 17.4. The third kappa shape index (κ3) is 3.48. The van der Waals surface area contributed by atoms with Crippen LogP contribution >= 0.6 is 0 Å². The quantitative estimate of drug-likeness (QED) is 0.901. The summed E-state index contributed by atoms with van der Waals surface area (Å²) in [7, 11) is -1.35. The minimum Gasteiger partial charge on any atom is -0.326 e. The summed E-state index contributed by atoms with van der Waals surface area (Å²) in [5.41, 5.74) is 0.755. The Bertz CT molecular complexity index is 707. The van der Waals surface area contributed by atoms with Crippen molar-refractivity contribution in [2.45, 2.75) is 31.1 Å². The van der Waals surface area contributed by atoms with Crippen molar-refractivity contribution in [3.8, 4) is 0 Å².